The van der Waals surface area contributed by atoms with Crippen LogP contribution in [0.5, 0.6) is 0 Å². The SMILES string of the molecule is C[C@@H]1CC[C@@]2(OC1)OC1C[C@H]3[C@@H]4CC[C@H]5C[C@@H](O[C@@H]6O[C@H](CO)[C@H](O)[C@H](O)[C@H]6O[C@@H]6O[C@@H](C)[C@H](O)[C@@H](O)[C@H]6O)[C@H](O)C[C@]5(C)[C@H]4CC[C@]3(C)C1[C@@H]2C. The van der Waals surface area contributed by atoms with E-state index in [1.54, 1.807) is 0 Å². The molecule has 0 aromatic rings. The molecule has 13 heteroatoms. The Labute approximate surface area is 307 Å². The molecule has 0 aromatic carbocycles. The molecule has 0 radical (unpaired) electrons. The van der Waals surface area contributed by atoms with Gasteiger partial charge in [0, 0.05) is 12.3 Å². The molecule has 4 aliphatic carbocycles. The smallest absolute Gasteiger partial charge is 0.187 e. The first-order valence-electron chi connectivity index (χ1n) is 20.2. The van der Waals surface area contributed by atoms with Gasteiger partial charge in [-0.1, -0.05) is 27.7 Å². The highest BCUT2D eigenvalue weighted by molar-refractivity contribution is 5.16. The van der Waals surface area contributed by atoms with Crippen LogP contribution in [0.25, 0.3) is 0 Å². The van der Waals surface area contributed by atoms with E-state index in [2.05, 4.69) is 27.7 Å². The van der Waals surface area contributed by atoms with Crippen molar-refractivity contribution in [3.05, 3.63) is 0 Å². The van der Waals surface area contributed by atoms with E-state index in [1.165, 1.54) is 6.92 Å². The summed E-state index contributed by atoms with van der Waals surface area (Å²) in [6.07, 6.45) is -6.51. The molecular formula is C39H64O13. The summed E-state index contributed by atoms with van der Waals surface area (Å²) in [6.45, 7) is 11.2. The molecule has 4 saturated carbocycles. The predicted molar refractivity (Wildman–Crippen MR) is 183 cm³/mol. The molecule has 0 bridgehead atoms. The monoisotopic (exact) mass is 740 g/mol. The molecule has 4 saturated heterocycles. The second-order valence-electron chi connectivity index (χ2n) is 18.8. The number of hydrogen-bond acceptors (Lipinski definition) is 13. The van der Waals surface area contributed by atoms with Crippen LogP contribution in [0.2, 0.25) is 0 Å². The molecule has 298 valence electrons. The predicted octanol–water partition coefficient (Wildman–Crippen LogP) is 1.44. The van der Waals surface area contributed by atoms with Crippen molar-refractivity contribution in [3.63, 3.8) is 0 Å². The van der Waals surface area contributed by atoms with Crippen molar-refractivity contribution in [1.29, 1.82) is 0 Å². The van der Waals surface area contributed by atoms with Gasteiger partial charge in [-0.15, -0.1) is 0 Å². The van der Waals surface area contributed by atoms with Crippen LogP contribution in [0.4, 0.5) is 0 Å². The third kappa shape index (κ3) is 5.89. The second kappa shape index (κ2) is 13.8. The molecule has 13 nitrogen and oxygen atoms in total. The number of aliphatic hydroxyl groups is 7. The fourth-order valence-electron chi connectivity index (χ4n) is 13.2. The van der Waals surface area contributed by atoms with Crippen LogP contribution in [0.1, 0.15) is 92.4 Å². The third-order valence-corrected chi connectivity index (χ3v) is 16.2. The van der Waals surface area contributed by atoms with Gasteiger partial charge in [0.15, 0.2) is 18.4 Å². The zero-order chi connectivity index (χ0) is 37.1. The van der Waals surface area contributed by atoms with Crippen LogP contribution in [-0.4, -0.2) is 134 Å². The molecule has 4 heterocycles. The van der Waals surface area contributed by atoms with Gasteiger partial charge in [0.1, 0.15) is 42.7 Å². The summed E-state index contributed by atoms with van der Waals surface area (Å²) in [6, 6.07) is 0. The molecule has 1 spiro atoms. The number of rotatable bonds is 5. The van der Waals surface area contributed by atoms with Crippen molar-refractivity contribution in [2.24, 2.45) is 52.3 Å². The van der Waals surface area contributed by atoms with Gasteiger partial charge >= 0.3 is 0 Å². The minimum Gasteiger partial charge on any atom is -0.394 e. The average Bonchev–Trinajstić information content (AvgIpc) is 3.56. The van der Waals surface area contributed by atoms with Gasteiger partial charge < -0.3 is 64.2 Å². The highest BCUT2D eigenvalue weighted by Gasteiger charge is 2.69. The fraction of sp³-hybridized carbons (Fsp3) is 1.00. The summed E-state index contributed by atoms with van der Waals surface area (Å²) in [5.41, 5.74) is 0.115. The number of ether oxygens (including phenoxy) is 6. The third-order valence-electron chi connectivity index (χ3n) is 16.2. The Kier molecular flexibility index (Phi) is 10.2. The lowest BCUT2D eigenvalue weighted by atomic mass is 9.44. The summed E-state index contributed by atoms with van der Waals surface area (Å²) in [7, 11) is 0. The Hall–Kier alpha value is -0.520. The van der Waals surface area contributed by atoms with Crippen molar-refractivity contribution in [3.8, 4) is 0 Å². The normalized spacial score (nSPS) is 60.5. The first kappa shape index (κ1) is 38.4. The van der Waals surface area contributed by atoms with Gasteiger partial charge in [0.25, 0.3) is 0 Å². The maximum atomic E-state index is 11.8. The van der Waals surface area contributed by atoms with Gasteiger partial charge in [0.05, 0.1) is 37.6 Å². The van der Waals surface area contributed by atoms with Crippen LogP contribution in [0.15, 0.2) is 0 Å². The first-order chi connectivity index (χ1) is 24.6. The zero-order valence-electron chi connectivity index (χ0n) is 31.4. The number of fused-ring (bicyclic) bond motifs is 7. The van der Waals surface area contributed by atoms with Crippen molar-refractivity contribution in [2.45, 2.75) is 178 Å². The summed E-state index contributed by atoms with van der Waals surface area (Å²) < 4.78 is 37.4. The first-order valence-corrected chi connectivity index (χ1v) is 20.2. The molecule has 4 aliphatic heterocycles. The highest BCUT2D eigenvalue weighted by atomic mass is 16.8. The van der Waals surface area contributed by atoms with E-state index in [9.17, 15) is 35.7 Å². The van der Waals surface area contributed by atoms with Crippen LogP contribution in [-0.2, 0) is 28.4 Å². The Balaban J connectivity index is 0.962. The molecular weight excluding hydrogens is 676 g/mol. The molecule has 0 amide bonds. The summed E-state index contributed by atoms with van der Waals surface area (Å²) in [5.74, 6) is 2.91. The largest absolute Gasteiger partial charge is 0.394 e. The summed E-state index contributed by atoms with van der Waals surface area (Å²) >= 11 is 0. The number of hydrogen-bond donors (Lipinski definition) is 7. The lowest BCUT2D eigenvalue weighted by Crippen LogP contribution is -2.65. The minimum atomic E-state index is -1.65. The van der Waals surface area contributed by atoms with Crippen molar-refractivity contribution in [2.75, 3.05) is 13.2 Å². The molecule has 52 heavy (non-hydrogen) atoms. The van der Waals surface area contributed by atoms with E-state index >= 15 is 0 Å². The van der Waals surface area contributed by atoms with Crippen molar-refractivity contribution < 1.29 is 64.2 Å². The molecule has 8 aliphatic rings. The van der Waals surface area contributed by atoms with Crippen molar-refractivity contribution in [1.82, 2.24) is 0 Å². The molecule has 8 fully saturated rings. The van der Waals surface area contributed by atoms with Crippen LogP contribution >= 0.6 is 0 Å². The van der Waals surface area contributed by atoms with Crippen molar-refractivity contribution >= 4 is 0 Å². The van der Waals surface area contributed by atoms with Crippen LogP contribution < -0.4 is 0 Å². The topological polar surface area (TPSA) is 197 Å². The average molecular weight is 741 g/mol. The lowest BCUT2D eigenvalue weighted by Gasteiger charge is -2.62. The number of aliphatic hydroxyl groups excluding tert-OH is 7. The van der Waals surface area contributed by atoms with E-state index < -0.39 is 86.0 Å². The molecule has 23 atom stereocenters. The highest BCUT2D eigenvalue weighted by Crippen LogP contribution is 2.71. The lowest BCUT2D eigenvalue weighted by molar-refractivity contribution is -0.374. The maximum Gasteiger partial charge on any atom is 0.187 e. The second-order valence-corrected chi connectivity index (χ2v) is 18.8. The van der Waals surface area contributed by atoms with Gasteiger partial charge in [-0.3, -0.25) is 0 Å². The Morgan fingerprint density at radius 2 is 1.50 bits per heavy atom. The molecule has 2 unspecified atom stereocenters. The quantitative estimate of drug-likeness (QED) is 0.200. The van der Waals surface area contributed by atoms with Crippen LogP contribution in [0.3, 0.4) is 0 Å². The van der Waals surface area contributed by atoms with Crippen LogP contribution in [0, 0.1) is 52.3 Å². The maximum absolute atomic E-state index is 11.8. The Morgan fingerprint density at radius 3 is 2.21 bits per heavy atom. The molecule has 0 aromatic heterocycles. The Bertz CT molecular complexity index is 1280. The van der Waals surface area contributed by atoms with E-state index in [-0.39, 0.29) is 22.9 Å². The van der Waals surface area contributed by atoms with Gasteiger partial charge in [0.2, 0.25) is 0 Å². The summed E-state index contributed by atoms with van der Waals surface area (Å²) in [5, 5.41) is 74.8. The summed E-state index contributed by atoms with van der Waals surface area (Å²) in [4.78, 5) is 0. The van der Waals surface area contributed by atoms with E-state index in [0.717, 1.165) is 51.6 Å². The standard InChI is InChI=1S/C39H64O13/c1-17-8-11-39(47-16-17)18(2)28-26(52-39)13-23-21-7-6-20-12-25(24(41)14-38(20,5)22(21)9-10-37(23,28)4)49-36-34(32(45)30(43)27(15-40)50-36)51-35-33(46)31(44)29(42)19(3)48-35/h17-36,40-46H,6-16H2,1-5H3/t17-,18+,19+,20+,21-,22+,23+,24-,25-,26?,27-,28?,29+,30+,31-,32+,33-,34-,35+,36-,37+,38+,39-/m1/s1. The Morgan fingerprint density at radius 1 is 0.731 bits per heavy atom. The van der Waals surface area contributed by atoms with Gasteiger partial charge in [-0.25, -0.2) is 0 Å². The van der Waals surface area contributed by atoms with E-state index in [1.807, 2.05) is 0 Å². The zero-order valence-corrected chi connectivity index (χ0v) is 31.4. The molecule has 7 N–H and O–H groups in total. The van der Waals surface area contributed by atoms with E-state index in [0.29, 0.717) is 48.3 Å². The minimum absolute atomic E-state index is 0.0859. The van der Waals surface area contributed by atoms with Gasteiger partial charge in [-0.05, 0) is 105 Å². The molecule has 8 rings (SSSR count). The van der Waals surface area contributed by atoms with Gasteiger partial charge in [-0.2, -0.15) is 0 Å². The fourth-order valence-corrected chi connectivity index (χ4v) is 13.2. The van der Waals surface area contributed by atoms with E-state index in [4.69, 9.17) is 28.4 Å².